The minimum atomic E-state index is -0.681. The van der Waals surface area contributed by atoms with Gasteiger partial charge in [0.25, 0.3) is 0 Å². The minimum absolute atomic E-state index is 0.248. The second kappa shape index (κ2) is 8.41. The maximum atomic E-state index is 12.6. The summed E-state index contributed by atoms with van der Waals surface area (Å²) in [6.45, 7) is 3.97. The molecule has 0 fully saturated rings. The van der Waals surface area contributed by atoms with Gasteiger partial charge in [0.2, 0.25) is 0 Å². The third-order valence-corrected chi connectivity index (χ3v) is 3.89. The van der Waals surface area contributed by atoms with Crippen molar-refractivity contribution in [2.24, 2.45) is 0 Å². The largest absolute Gasteiger partial charge is 0.493 e. The molecule has 1 aromatic carbocycles. The maximum absolute atomic E-state index is 12.6. The Morgan fingerprint density at radius 2 is 1.96 bits per heavy atom. The third kappa shape index (κ3) is 3.87. The lowest BCUT2D eigenvalue weighted by atomic mass is 9.93. The summed E-state index contributed by atoms with van der Waals surface area (Å²) in [7, 11) is 3.05. The van der Waals surface area contributed by atoms with E-state index in [0.717, 1.165) is 6.42 Å². The van der Waals surface area contributed by atoms with Crippen molar-refractivity contribution in [2.45, 2.75) is 32.7 Å². The van der Waals surface area contributed by atoms with Gasteiger partial charge in [-0.05, 0) is 19.4 Å². The van der Waals surface area contributed by atoms with E-state index < -0.39 is 12.0 Å². The Morgan fingerprint density at radius 3 is 2.56 bits per heavy atom. The standard InChI is InChI=1S/C18H24N2O5/c1-5-8-12-14(17(21)25-6-2)15(20-18(22)19-12)11-9-7-10-13(23-3)16(11)24-4/h7,9-10,15H,5-6,8H2,1-4H3,(H2,19,20,22). The van der Waals surface area contributed by atoms with Crippen LogP contribution in [0.4, 0.5) is 4.79 Å². The van der Waals surface area contributed by atoms with E-state index in [1.165, 1.54) is 14.2 Å². The summed E-state index contributed by atoms with van der Waals surface area (Å²) in [5, 5.41) is 5.52. The van der Waals surface area contributed by atoms with Crippen molar-refractivity contribution in [2.75, 3.05) is 20.8 Å². The lowest BCUT2D eigenvalue weighted by molar-refractivity contribution is -0.139. The van der Waals surface area contributed by atoms with E-state index in [9.17, 15) is 9.59 Å². The van der Waals surface area contributed by atoms with Gasteiger partial charge in [-0.3, -0.25) is 0 Å². The molecule has 2 N–H and O–H groups in total. The number of methoxy groups -OCH3 is 2. The molecule has 0 bridgehead atoms. The summed E-state index contributed by atoms with van der Waals surface area (Å²) in [6.07, 6.45) is 1.34. The van der Waals surface area contributed by atoms with Crippen LogP contribution in [0.3, 0.4) is 0 Å². The number of carbonyl (C=O) groups is 2. The highest BCUT2D eigenvalue weighted by Gasteiger charge is 2.35. The van der Waals surface area contributed by atoms with Gasteiger partial charge in [-0.1, -0.05) is 25.5 Å². The van der Waals surface area contributed by atoms with Crippen molar-refractivity contribution in [3.63, 3.8) is 0 Å². The molecule has 0 spiro atoms. The molecule has 0 saturated heterocycles. The quantitative estimate of drug-likeness (QED) is 0.740. The predicted octanol–water partition coefficient (Wildman–Crippen LogP) is 2.68. The minimum Gasteiger partial charge on any atom is -0.493 e. The molecule has 0 radical (unpaired) electrons. The van der Waals surface area contributed by atoms with Gasteiger partial charge in [-0.25, -0.2) is 9.59 Å². The fourth-order valence-electron chi connectivity index (χ4n) is 2.89. The molecule has 0 aromatic heterocycles. The second-order valence-corrected chi connectivity index (χ2v) is 5.48. The van der Waals surface area contributed by atoms with Crippen molar-refractivity contribution in [3.05, 3.63) is 35.0 Å². The average Bonchev–Trinajstić information content (AvgIpc) is 2.60. The molecule has 1 atom stereocenters. The molecule has 1 aliphatic heterocycles. The zero-order valence-corrected chi connectivity index (χ0v) is 15.0. The molecule has 1 heterocycles. The van der Waals surface area contributed by atoms with Crippen molar-refractivity contribution < 1.29 is 23.8 Å². The maximum Gasteiger partial charge on any atom is 0.338 e. The van der Waals surface area contributed by atoms with E-state index in [0.29, 0.717) is 34.8 Å². The first-order valence-electron chi connectivity index (χ1n) is 8.25. The molecule has 2 rings (SSSR count). The Hall–Kier alpha value is -2.70. The van der Waals surface area contributed by atoms with Crippen molar-refractivity contribution in [1.29, 1.82) is 0 Å². The molecule has 2 amide bonds. The Kier molecular flexibility index (Phi) is 6.27. The molecule has 1 aromatic rings. The number of amides is 2. The second-order valence-electron chi connectivity index (χ2n) is 5.48. The van der Waals surface area contributed by atoms with Gasteiger partial charge in [0.05, 0.1) is 32.4 Å². The summed E-state index contributed by atoms with van der Waals surface area (Å²) in [5.41, 5.74) is 1.59. The van der Waals surface area contributed by atoms with E-state index in [1.54, 1.807) is 25.1 Å². The Labute approximate surface area is 147 Å². The molecule has 0 saturated carbocycles. The monoisotopic (exact) mass is 348 g/mol. The highest BCUT2D eigenvalue weighted by molar-refractivity contribution is 5.95. The first kappa shape index (κ1) is 18.6. The molecule has 7 heteroatoms. The van der Waals surface area contributed by atoms with Gasteiger partial charge < -0.3 is 24.8 Å². The normalized spacial score (nSPS) is 16.8. The molecule has 136 valence electrons. The van der Waals surface area contributed by atoms with E-state index in [2.05, 4.69) is 10.6 Å². The fraction of sp³-hybridized carbons (Fsp3) is 0.444. The molecular weight excluding hydrogens is 324 g/mol. The summed E-state index contributed by atoms with van der Waals surface area (Å²) in [5.74, 6) is 0.524. The predicted molar refractivity (Wildman–Crippen MR) is 92.5 cm³/mol. The van der Waals surface area contributed by atoms with Crippen LogP contribution in [0.5, 0.6) is 11.5 Å². The number of hydrogen-bond acceptors (Lipinski definition) is 5. The van der Waals surface area contributed by atoms with Gasteiger partial charge in [-0.15, -0.1) is 0 Å². The molecule has 1 aliphatic rings. The number of para-hydroxylation sites is 1. The van der Waals surface area contributed by atoms with Gasteiger partial charge in [-0.2, -0.15) is 0 Å². The van der Waals surface area contributed by atoms with E-state index >= 15 is 0 Å². The van der Waals surface area contributed by atoms with Crippen LogP contribution in [0.2, 0.25) is 0 Å². The number of carbonyl (C=O) groups excluding carboxylic acids is 2. The van der Waals surface area contributed by atoms with Gasteiger partial charge in [0, 0.05) is 11.3 Å². The van der Waals surface area contributed by atoms with E-state index in [-0.39, 0.29) is 12.6 Å². The first-order chi connectivity index (χ1) is 12.1. The van der Waals surface area contributed by atoms with Crippen LogP contribution in [0.25, 0.3) is 0 Å². The van der Waals surface area contributed by atoms with Crippen molar-refractivity contribution in [3.8, 4) is 11.5 Å². The molecule has 0 aliphatic carbocycles. The van der Waals surface area contributed by atoms with Gasteiger partial charge in [0.1, 0.15) is 0 Å². The van der Waals surface area contributed by atoms with Crippen LogP contribution in [-0.4, -0.2) is 32.8 Å². The van der Waals surface area contributed by atoms with Crippen LogP contribution in [0.15, 0.2) is 29.5 Å². The Bertz CT molecular complexity index is 684. The van der Waals surface area contributed by atoms with Crippen LogP contribution in [0, 0.1) is 0 Å². The van der Waals surface area contributed by atoms with Crippen LogP contribution in [-0.2, 0) is 9.53 Å². The number of allylic oxidation sites excluding steroid dienone is 1. The summed E-state index contributed by atoms with van der Waals surface area (Å²) in [6, 6.07) is 4.28. The molecular formula is C18H24N2O5. The number of ether oxygens (including phenoxy) is 3. The Morgan fingerprint density at radius 1 is 1.20 bits per heavy atom. The SMILES string of the molecule is CCCC1=C(C(=O)OCC)C(c2cccc(OC)c2OC)NC(=O)N1. The van der Waals surface area contributed by atoms with E-state index in [1.807, 2.05) is 6.92 Å². The highest BCUT2D eigenvalue weighted by atomic mass is 16.5. The van der Waals surface area contributed by atoms with Crippen molar-refractivity contribution >= 4 is 12.0 Å². The topological polar surface area (TPSA) is 85.9 Å². The summed E-state index contributed by atoms with van der Waals surface area (Å²) >= 11 is 0. The van der Waals surface area contributed by atoms with Gasteiger partial charge >= 0.3 is 12.0 Å². The van der Waals surface area contributed by atoms with Crippen LogP contribution < -0.4 is 20.1 Å². The lowest BCUT2D eigenvalue weighted by Gasteiger charge is -2.30. The number of hydrogen-bond donors (Lipinski definition) is 2. The Balaban J connectivity index is 2.61. The number of nitrogens with one attached hydrogen (secondary N) is 2. The van der Waals surface area contributed by atoms with Crippen LogP contribution >= 0.6 is 0 Å². The zero-order valence-electron chi connectivity index (χ0n) is 15.0. The smallest absolute Gasteiger partial charge is 0.338 e. The number of urea groups is 1. The van der Waals surface area contributed by atoms with E-state index in [4.69, 9.17) is 14.2 Å². The number of esters is 1. The summed E-state index contributed by atoms with van der Waals surface area (Å²) in [4.78, 5) is 24.7. The fourth-order valence-corrected chi connectivity index (χ4v) is 2.89. The molecule has 7 nitrogen and oxygen atoms in total. The van der Waals surface area contributed by atoms with Gasteiger partial charge in [0.15, 0.2) is 11.5 Å². The van der Waals surface area contributed by atoms with Crippen LogP contribution in [0.1, 0.15) is 38.3 Å². The number of rotatable bonds is 7. The zero-order chi connectivity index (χ0) is 18.4. The lowest BCUT2D eigenvalue weighted by Crippen LogP contribution is -2.46. The molecule has 25 heavy (non-hydrogen) atoms. The number of benzene rings is 1. The molecule has 1 unspecified atom stereocenters. The summed E-state index contributed by atoms with van der Waals surface area (Å²) < 4.78 is 16.0. The first-order valence-corrected chi connectivity index (χ1v) is 8.25. The third-order valence-electron chi connectivity index (χ3n) is 3.89. The average molecular weight is 348 g/mol. The highest BCUT2D eigenvalue weighted by Crippen LogP contribution is 2.39. The van der Waals surface area contributed by atoms with Crippen molar-refractivity contribution in [1.82, 2.24) is 10.6 Å².